The maximum atomic E-state index is 11.9. The first-order valence-electron chi connectivity index (χ1n) is 4.76. The lowest BCUT2D eigenvalue weighted by atomic mass is 10.2. The fourth-order valence-corrected chi connectivity index (χ4v) is 3.81. The average Bonchev–Trinajstić information content (AvgIpc) is 2.14. The van der Waals surface area contributed by atoms with Crippen molar-refractivity contribution in [3.8, 4) is 0 Å². The third kappa shape index (κ3) is 1.72. The third-order valence-corrected chi connectivity index (χ3v) is 4.49. The lowest BCUT2D eigenvalue weighted by Gasteiger charge is -2.25. The lowest BCUT2D eigenvalue weighted by molar-refractivity contribution is 0.278. The van der Waals surface area contributed by atoms with E-state index in [9.17, 15) is 8.42 Å². The highest BCUT2D eigenvalue weighted by molar-refractivity contribution is 7.91. The van der Waals surface area contributed by atoms with E-state index in [-0.39, 0.29) is 23.3 Å². The molecule has 0 radical (unpaired) electrons. The fraction of sp³-hybridized carbons (Fsp3) is 0.400. The van der Waals surface area contributed by atoms with Gasteiger partial charge < -0.3 is 10.4 Å². The van der Waals surface area contributed by atoms with Crippen LogP contribution >= 0.6 is 0 Å². The van der Waals surface area contributed by atoms with Crippen molar-refractivity contribution in [2.75, 3.05) is 11.1 Å². The predicted octanol–water partition coefficient (Wildman–Crippen LogP) is 0.767. The highest BCUT2D eigenvalue weighted by Gasteiger charge is 2.29. The minimum Gasteiger partial charge on any atom is -0.392 e. The topological polar surface area (TPSA) is 66.4 Å². The summed E-state index contributed by atoms with van der Waals surface area (Å²) in [4.78, 5) is 0.255. The number of hydrogen-bond donors (Lipinski definition) is 2. The van der Waals surface area contributed by atoms with Crippen molar-refractivity contribution >= 4 is 15.5 Å². The summed E-state index contributed by atoms with van der Waals surface area (Å²) >= 11 is 0. The number of benzene rings is 1. The number of aliphatic hydroxyl groups is 1. The molecule has 1 atom stereocenters. The van der Waals surface area contributed by atoms with Crippen molar-refractivity contribution in [2.45, 2.75) is 24.5 Å². The molecule has 0 amide bonds. The van der Waals surface area contributed by atoms with Gasteiger partial charge in [-0.25, -0.2) is 8.42 Å². The zero-order chi connectivity index (χ0) is 11.1. The van der Waals surface area contributed by atoms with Crippen molar-refractivity contribution < 1.29 is 13.5 Å². The fourth-order valence-electron chi connectivity index (χ4n) is 1.91. The van der Waals surface area contributed by atoms with Crippen molar-refractivity contribution in [3.63, 3.8) is 0 Å². The van der Waals surface area contributed by atoms with Crippen LogP contribution in [0.2, 0.25) is 0 Å². The molecule has 0 bridgehead atoms. The van der Waals surface area contributed by atoms with E-state index in [1.807, 2.05) is 6.92 Å². The maximum absolute atomic E-state index is 11.9. The Balaban J connectivity index is 2.68. The Morgan fingerprint density at radius 2 is 2.27 bits per heavy atom. The summed E-state index contributed by atoms with van der Waals surface area (Å²) < 4.78 is 23.8. The number of aliphatic hydroxyl groups excluding tert-OH is 1. The van der Waals surface area contributed by atoms with E-state index in [2.05, 4.69) is 5.32 Å². The normalized spacial score (nSPS) is 22.9. The van der Waals surface area contributed by atoms with Gasteiger partial charge in [-0.05, 0) is 18.6 Å². The van der Waals surface area contributed by atoms with Crippen LogP contribution in [0.3, 0.4) is 0 Å². The molecule has 1 aliphatic rings. The lowest BCUT2D eigenvalue weighted by Crippen LogP contribution is -2.32. The summed E-state index contributed by atoms with van der Waals surface area (Å²) in [5, 5.41) is 12.2. The molecule has 0 spiro atoms. The second-order valence-electron chi connectivity index (χ2n) is 3.78. The minimum absolute atomic E-state index is 0.0804. The Hall–Kier alpha value is -1.07. The van der Waals surface area contributed by atoms with Gasteiger partial charge in [0.2, 0.25) is 0 Å². The molecule has 4 nitrogen and oxygen atoms in total. The second kappa shape index (κ2) is 3.50. The van der Waals surface area contributed by atoms with Crippen LogP contribution in [0.1, 0.15) is 12.5 Å². The van der Waals surface area contributed by atoms with E-state index in [1.165, 1.54) is 0 Å². The summed E-state index contributed by atoms with van der Waals surface area (Å²) in [6.45, 7) is 1.57. The molecular weight excluding hydrogens is 214 g/mol. The smallest absolute Gasteiger partial charge is 0.182 e. The van der Waals surface area contributed by atoms with E-state index in [0.29, 0.717) is 11.3 Å². The molecule has 0 saturated carbocycles. The summed E-state index contributed by atoms with van der Waals surface area (Å²) in [7, 11) is -3.26. The van der Waals surface area contributed by atoms with Gasteiger partial charge in [0, 0.05) is 6.04 Å². The molecule has 1 unspecified atom stereocenters. The molecule has 5 heteroatoms. The Labute approximate surface area is 88.9 Å². The molecule has 0 fully saturated rings. The molecule has 15 heavy (non-hydrogen) atoms. The summed E-state index contributed by atoms with van der Waals surface area (Å²) in [5.41, 5.74) is 1.06. The van der Waals surface area contributed by atoms with Crippen LogP contribution in [0.25, 0.3) is 0 Å². The van der Waals surface area contributed by atoms with E-state index in [4.69, 9.17) is 5.11 Å². The van der Waals surface area contributed by atoms with Crippen LogP contribution in [0.4, 0.5) is 5.69 Å². The van der Waals surface area contributed by atoms with Gasteiger partial charge in [-0.15, -0.1) is 0 Å². The van der Waals surface area contributed by atoms with E-state index < -0.39 is 9.84 Å². The molecule has 1 aromatic rings. The minimum atomic E-state index is -3.26. The number of sulfone groups is 1. The van der Waals surface area contributed by atoms with Crippen LogP contribution in [0.5, 0.6) is 0 Å². The standard InChI is InChI=1S/C10H13NO3S/c1-7-6-15(13,14)10-8(5-12)3-2-4-9(10)11-7/h2-4,7,11-12H,5-6H2,1H3. The molecule has 1 heterocycles. The summed E-state index contributed by atoms with van der Waals surface area (Å²) in [6.07, 6.45) is 0. The van der Waals surface area contributed by atoms with Crippen LogP contribution in [0.15, 0.2) is 23.1 Å². The van der Waals surface area contributed by atoms with Gasteiger partial charge in [0.15, 0.2) is 9.84 Å². The number of rotatable bonds is 1. The maximum Gasteiger partial charge on any atom is 0.182 e. The predicted molar refractivity (Wildman–Crippen MR) is 57.5 cm³/mol. The van der Waals surface area contributed by atoms with Crippen LogP contribution in [0, 0.1) is 0 Å². The van der Waals surface area contributed by atoms with E-state index in [0.717, 1.165) is 0 Å². The number of anilines is 1. The van der Waals surface area contributed by atoms with Crippen molar-refractivity contribution in [1.82, 2.24) is 0 Å². The van der Waals surface area contributed by atoms with Crippen molar-refractivity contribution in [2.24, 2.45) is 0 Å². The number of nitrogens with one attached hydrogen (secondary N) is 1. The average molecular weight is 227 g/mol. The monoisotopic (exact) mass is 227 g/mol. The van der Waals surface area contributed by atoms with Gasteiger partial charge in [-0.3, -0.25) is 0 Å². The molecule has 82 valence electrons. The van der Waals surface area contributed by atoms with E-state index >= 15 is 0 Å². The Morgan fingerprint density at radius 1 is 1.53 bits per heavy atom. The molecule has 1 aliphatic heterocycles. The van der Waals surface area contributed by atoms with Crippen LogP contribution in [-0.4, -0.2) is 25.3 Å². The Bertz CT molecular complexity index is 481. The van der Waals surface area contributed by atoms with Crippen molar-refractivity contribution in [1.29, 1.82) is 0 Å². The zero-order valence-electron chi connectivity index (χ0n) is 8.40. The van der Waals surface area contributed by atoms with Gasteiger partial charge >= 0.3 is 0 Å². The first-order valence-corrected chi connectivity index (χ1v) is 6.42. The third-order valence-electron chi connectivity index (χ3n) is 2.45. The van der Waals surface area contributed by atoms with Crippen molar-refractivity contribution in [3.05, 3.63) is 23.8 Å². The van der Waals surface area contributed by atoms with E-state index in [1.54, 1.807) is 18.2 Å². The first-order chi connectivity index (χ1) is 7.04. The number of hydrogen-bond acceptors (Lipinski definition) is 4. The quantitative estimate of drug-likeness (QED) is 0.743. The molecule has 1 aromatic carbocycles. The molecule has 0 aliphatic carbocycles. The second-order valence-corrected chi connectivity index (χ2v) is 5.75. The SMILES string of the molecule is CC1CS(=O)(=O)c2c(CO)cccc2N1. The van der Waals surface area contributed by atoms with Gasteiger partial charge in [-0.1, -0.05) is 12.1 Å². The first kappa shape index (κ1) is 10.4. The largest absolute Gasteiger partial charge is 0.392 e. The molecule has 2 rings (SSSR count). The van der Waals surface area contributed by atoms with Crippen LogP contribution in [-0.2, 0) is 16.4 Å². The Morgan fingerprint density at radius 3 is 2.93 bits per heavy atom. The molecule has 0 aromatic heterocycles. The van der Waals surface area contributed by atoms with Crippen LogP contribution < -0.4 is 5.32 Å². The number of fused-ring (bicyclic) bond motifs is 1. The molecule has 2 N–H and O–H groups in total. The van der Waals surface area contributed by atoms with Gasteiger partial charge in [0.1, 0.15) is 0 Å². The van der Waals surface area contributed by atoms with Gasteiger partial charge in [0.25, 0.3) is 0 Å². The molecule has 0 saturated heterocycles. The Kier molecular flexibility index (Phi) is 2.44. The highest BCUT2D eigenvalue weighted by atomic mass is 32.2. The molecular formula is C10H13NO3S. The summed E-state index contributed by atoms with van der Waals surface area (Å²) in [5.74, 6) is 0.0804. The zero-order valence-corrected chi connectivity index (χ0v) is 9.21. The summed E-state index contributed by atoms with van der Waals surface area (Å²) in [6, 6.07) is 5.01. The highest BCUT2D eigenvalue weighted by Crippen LogP contribution is 2.31. The van der Waals surface area contributed by atoms with Gasteiger partial charge in [0.05, 0.1) is 22.9 Å². The van der Waals surface area contributed by atoms with Gasteiger partial charge in [-0.2, -0.15) is 0 Å².